The van der Waals surface area contributed by atoms with Crippen LogP contribution in [0.1, 0.15) is 50.9 Å². The van der Waals surface area contributed by atoms with Gasteiger partial charge in [0.15, 0.2) is 0 Å². The van der Waals surface area contributed by atoms with Gasteiger partial charge in [-0.2, -0.15) is 0 Å². The fourth-order valence-electron chi connectivity index (χ4n) is 4.31. The molecule has 1 saturated heterocycles. The summed E-state index contributed by atoms with van der Waals surface area (Å²) in [5.41, 5.74) is 2.79. The van der Waals surface area contributed by atoms with E-state index in [1.807, 2.05) is 47.4 Å². The molecular formula is C26H35N3O2. The number of carbonyl (C=O) groups is 2. The molecule has 1 atom stereocenters. The number of rotatable bonds is 6. The Morgan fingerprint density at radius 2 is 1.55 bits per heavy atom. The Labute approximate surface area is 186 Å². The van der Waals surface area contributed by atoms with Gasteiger partial charge in [-0.3, -0.25) is 9.59 Å². The molecule has 5 heteroatoms. The van der Waals surface area contributed by atoms with Gasteiger partial charge in [-0.1, -0.05) is 45.9 Å². The minimum Gasteiger partial charge on any atom is -0.368 e. The summed E-state index contributed by atoms with van der Waals surface area (Å²) >= 11 is 0. The number of amides is 2. The summed E-state index contributed by atoms with van der Waals surface area (Å²) in [5.74, 6) is 0.570. The molecule has 5 nitrogen and oxygen atoms in total. The second kappa shape index (κ2) is 9.99. The summed E-state index contributed by atoms with van der Waals surface area (Å²) in [6, 6.07) is 17.1. The smallest absolute Gasteiger partial charge is 0.255 e. The summed E-state index contributed by atoms with van der Waals surface area (Å²) in [6.45, 7) is 12.0. The van der Waals surface area contributed by atoms with Crippen LogP contribution in [0.25, 0.3) is 0 Å². The lowest BCUT2D eigenvalue weighted by molar-refractivity contribution is -0.132. The molecule has 0 aliphatic carbocycles. The number of nitrogens with one attached hydrogen (secondary N) is 1. The van der Waals surface area contributed by atoms with Gasteiger partial charge in [-0.05, 0) is 54.2 Å². The highest BCUT2D eigenvalue weighted by Crippen LogP contribution is 2.27. The van der Waals surface area contributed by atoms with Gasteiger partial charge in [0.25, 0.3) is 5.91 Å². The molecule has 1 N–H and O–H groups in total. The van der Waals surface area contributed by atoms with E-state index in [1.165, 1.54) is 0 Å². The SMILES string of the molecule is C[C@@H](CC(=O)N1CCN(c2ccc(NC(=O)c3ccccc3)cc2)CC1)CC(C)(C)C. The number of nitrogens with zero attached hydrogens (tertiary/aromatic N) is 2. The Morgan fingerprint density at radius 1 is 0.935 bits per heavy atom. The fraction of sp³-hybridized carbons (Fsp3) is 0.462. The third-order valence-electron chi connectivity index (χ3n) is 5.64. The second-order valence-corrected chi connectivity index (χ2v) is 9.81. The molecule has 2 aromatic carbocycles. The van der Waals surface area contributed by atoms with E-state index in [9.17, 15) is 9.59 Å². The molecule has 1 fully saturated rings. The molecule has 3 rings (SSSR count). The molecule has 31 heavy (non-hydrogen) atoms. The predicted molar refractivity (Wildman–Crippen MR) is 127 cm³/mol. The van der Waals surface area contributed by atoms with Crippen molar-refractivity contribution in [2.45, 2.75) is 40.5 Å². The van der Waals surface area contributed by atoms with Crippen molar-refractivity contribution in [2.75, 3.05) is 36.4 Å². The van der Waals surface area contributed by atoms with Crippen LogP contribution < -0.4 is 10.2 Å². The highest BCUT2D eigenvalue weighted by molar-refractivity contribution is 6.04. The van der Waals surface area contributed by atoms with Crippen molar-refractivity contribution in [3.63, 3.8) is 0 Å². The van der Waals surface area contributed by atoms with Gasteiger partial charge < -0.3 is 15.1 Å². The number of piperazine rings is 1. The van der Waals surface area contributed by atoms with Gasteiger partial charge >= 0.3 is 0 Å². The minimum absolute atomic E-state index is 0.110. The largest absolute Gasteiger partial charge is 0.368 e. The van der Waals surface area contributed by atoms with Crippen LogP contribution >= 0.6 is 0 Å². The Morgan fingerprint density at radius 3 is 2.13 bits per heavy atom. The van der Waals surface area contributed by atoms with Gasteiger partial charge in [0, 0.05) is 49.5 Å². The number of hydrogen-bond acceptors (Lipinski definition) is 3. The van der Waals surface area contributed by atoms with E-state index in [0.717, 1.165) is 44.0 Å². The number of carbonyl (C=O) groups excluding carboxylic acids is 2. The zero-order valence-electron chi connectivity index (χ0n) is 19.2. The molecule has 166 valence electrons. The quantitative estimate of drug-likeness (QED) is 0.710. The average molecular weight is 422 g/mol. The van der Waals surface area contributed by atoms with Crippen molar-refractivity contribution in [3.05, 3.63) is 60.2 Å². The highest BCUT2D eigenvalue weighted by Gasteiger charge is 2.24. The molecule has 1 aliphatic rings. The van der Waals surface area contributed by atoms with Crippen molar-refractivity contribution in [1.82, 2.24) is 4.90 Å². The normalized spacial score (nSPS) is 15.5. The molecule has 0 aromatic heterocycles. The molecule has 1 heterocycles. The molecule has 0 spiro atoms. The Hall–Kier alpha value is -2.82. The topological polar surface area (TPSA) is 52.7 Å². The van der Waals surface area contributed by atoms with E-state index in [0.29, 0.717) is 17.9 Å². The Balaban J connectivity index is 1.48. The Kier molecular flexibility index (Phi) is 7.37. The Bertz CT molecular complexity index is 864. The van der Waals surface area contributed by atoms with E-state index in [1.54, 1.807) is 12.1 Å². The maximum Gasteiger partial charge on any atom is 0.255 e. The van der Waals surface area contributed by atoms with Crippen molar-refractivity contribution in [3.8, 4) is 0 Å². The van der Waals surface area contributed by atoms with Crippen LogP contribution in [0.4, 0.5) is 11.4 Å². The lowest BCUT2D eigenvalue weighted by Gasteiger charge is -2.37. The third-order valence-corrected chi connectivity index (χ3v) is 5.64. The minimum atomic E-state index is -0.110. The molecular weight excluding hydrogens is 386 g/mol. The predicted octanol–water partition coefficient (Wildman–Crippen LogP) is 5.05. The maximum absolute atomic E-state index is 12.7. The summed E-state index contributed by atoms with van der Waals surface area (Å²) in [7, 11) is 0. The van der Waals surface area contributed by atoms with E-state index in [4.69, 9.17) is 0 Å². The maximum atomic E-state index is 12.7. The van der Waals surface area contributed by atoms with Crippen LogP contribution in [0.5, 0.6) is 0 Å². The summed E-state index contributed by atoms with van der Waals surface area (Å²) in [4.78, 5) is 29.3. The molecule has 0 unspecified atom stereocenters. The van der Waals surface area contributed by atoms with Gasteiger partial charge in [0.1, 0.15) is 0 Å². The van der Waals surface area contributed by atoms with Crippen molar-refractivity contribution < 1.29 is 9.59 Å². The lowest BCUT2D eigenvalue weighted by atomic mass is 9.84. The van der Waals surface area contributed by atoms with Crippen molar-refractivity contribution in [2.24, 2.45) is 11.3 Å². The van der Waals surface area contributed by atoms with E-state index >= 15 is 0 Å². The first-order chi connectivity index (χ1) is 14.7. The molecule has 2 amide bonds. The summed E-state index contributed by atoms with van der Waals surface area (Å²) in [5, 5.41) is 2.93. The first kappa shape index (κ1) is 22.9. The fourth-order valence-corrected chi connectivity index (χ4v) is 4.31. The lowest BCUT2D eigenvalue weighted by Crippen LogP contribution is -2.49. The second-order valence-electron chi connectivity index (χ2n) is 9.81. The van der Waals surface area contributed by atoms with Crippen molar-refractivity contribution in [1.29, 1.82) is 0 Å². The standard InChI is InChI=1S/C26H35N3O2/c1-20(19-26(2,3)4)18-24(30)29-16-14-28(15-17-29)23-12-10-22(11-13-23)27-25(31)21-8-6-5-7-9-21/h5-13,20H,14-19H2,1-4H3,(H,27,31)/t20-/m0/s1. The summed E-state index contributed by atoms with van der Waals surface area (Å²) < 4.78 is 0. The van der Waals surface area contributed by atoms with Crippen molar-refractivity contribution >= 4 is 23.2 Å². The molecule has 1 aliphatic heterocycles. The van der Waals surface area contributed by atoms with E-state index in [2.05, 4.69) is 37.9 Å². The van der Waals surface area contributed by atoms with Gasteiger partial charge in [-0.25, -0.2) is 0 Å². The summed E-state index contributed by atoms with van der Waals surface area (Å²) in [6.07, 6.45) is 1.69. The molecule has 0 saturated carbocycles. The molecule has 0 bridgehead atoms. The zero-order chi connectivity index (χ0) is 22.4. The van der Waals surface area contributed by atoms with Crippen LogP contribution in [0.15, 0.2) is 54.6 Å². The van der Waals surface area contributed by atoms with Crippen LogP contribution in [0.2, 0.25) is 0 Å². The van der Waals surface area contributed by atoms with Crippen LogP contribution in [-0.4, -0.2) is 42.9 Å². The van der Waals surface area contributed by atoms with E-state index in [-0.39, 0.29) is 17.2 Å². The average Bonchev–Trinajstić information content (AvgIpc) is 2.73. The monoisotopic (exact) mass is 421 g/mol. The van der Waals surface area contributed by atoms with Gasteiger partial charge in [-0.15, -0.1) is 0 Å². The van der Waals surface area contributed by atoms with E-state index < -0.39 is 0 Å². The van der Waals surface area contributed by atoms with Crippen LogP contribution in [0, 0.1) is 11.3 Å². The highest BCUT2D eigenvalue weighted by atomic mass is 16.2. The van der Waals surface area contributed by atoms with Crippen LogP contribution in [-0.2, 0) is 4.79 Å². The molecule has 0 radical (unpaired) electrons. The number of benzene rings is 2. The van der Waals surface area contributed by atoms with Gasteiger partial charge in [0.2, 0.25) is 5.91 Å². The molecule has 2 aromatic rings. The first-order valence-corrected chi connectivity index (χ1v) is 11.2. The number of anilines is 2. The third kappa shape index (κ3) is 6.84. The van der Waals surface area contributed by atoms with Crippen LogP contribution in [0.3, 0.4) is 0 Å². The zero-order valence-corrected chi connectivity index (χ0v) is 19.2. The number of hydrogen-bond donors (Lipinski definition) is 1. The first-order valence-electron chi connectivity index (χ1n) is 11.2. The van der Waals surface area contributed by atoms with Gasteiger partial charge in [0.05, 0.1) is 0 Å².